The van der Waals surface area contributed by atoms with Gasteiger partial charge in [-0.15, -0.1) is 0 Å². The number of sulfone groups is 1. The number of nitrogens with zero attached hydrogens (tertiary/aromatic N) is 3. The Kier molecular flexibility index (Phi) is 6.25. The molecule has 0 atom stereocenters. The highest BCUT2D eigenvalue weighted by Gasteiger charge is 2.28. The number of piperazine rings is 1. The van der Waals surface area contributed by atoms with Gasteiger partial charge in [-0.2, -0.15) is 0 Å². The molecule has 0 radical (unpaired) electrons. The third-order valence-electron chi connectivity index (χ3n) is 5.56. The van der Waals surface area contributed by atoms with E-state index in [0.29, 0.717) is 37.3 Å². The minimum absolute atomic E-state index is 0.0584. The van der Waals surface area contributed by atoms with E-state index < -0.39 is 9.84 Å². The second-order valence-corrected chi connectivity index (χ2v) is 10.4. The molecular weight excluding hydrogens is 445 g/mol. The molecule has 2 heterocycles. The molecule has 0 N–H and O–H groups in total. The molecule has 1 aromatic heterocycles. The van der Waals surface area contributed by atoms with Crippen LogP contribution in [-0.4, -0.2) is 62.7 Å². The van der Waals surface area contributed by atoms with Crippen LogP contribution in [0.1, 0.15) is 24.2 Å². The fourth-order valence-corrected chi connectivity index (χ4v) is 4.54. The number of hydrogen-bond donors (Lipinski definition) is 0. The second kappa shape index (κ2) is 8.97. The SMILES string of the molecule is CC(C)Oc1ccc(S(C)(=O)=O)cc1C(=O)N1CCN(c2ncc3ccccc3c2F)CC1. The van der Waals surface area contributed by atoms with E-state index in [1.54, 1.807) is 23.2 Å². The molecule has 1 saturated heterocycles. The average molecular weight is 472 g/mol. The number of fused-ring (bicyclic) bond motifs is 1. The lowest BCUT2D eigenvalue weighted by Crippen LogP contribution is -2.49. The Morgan fingerprint density at radius 3 is 2.45 bits per heavy atom. The summed E-state index contributed by atoms with van der Waals surface area (Å²) in [5.41, 5.74) is 0.204. The topological polar surface area (TPSA) is 79.8 Å². The Balaban J connectivity index is 1.56. The molecule has 1 aliphatic heterocycles. The first kappa shape index (κ1) is 23.0. The van der Waals surface area contributed by atoms with Crippen molar-refractivity contribution in [2.75, 3.05) is 37.3 Å². The van der Waals surface area contributed by atoms with Crippen LogP contribution in [0.3, 0.4) is 0 Å². The first-order valence-corrected chi connectivity index (χ1v) is 12.6. The van der Waals surface area contributed by atoms with Crippen LogP contribution < -0.4 is 9.64 Å². The van der Waals surface area contributed by atoms with Gasteiger partial charge in [0.2, 0.25) is 0 Å². The maximum Gasteiger partial charge on any atom is 0.257 e. The second-order valence-electron chi connectivity index (χ2n) is 8.36. The number of aromatic nitrogens is 1. The number of pyridine rings is 1. The molecule has 0 bridgehead atoms. The van der Waals surface area contributed by atoms with E-state index in [1.165, 1.54) is 18.2 Å². The smallest absolute Gasteiger partial charge is 0.257 e. The van der Waals surface area contributed by atoms with Gasteiger partial charge in [-0.3, -0.25) is 4.79 Å². The minimum Gasteiger partial charge on any atom is -0.490 e. The minimum atomic E-state index is -3.49. The lowest BCUT2D eigenvalue weighted by Gasteiger charge is -2.36. The van der Waals surface area contributed by atoms with Crippen LogP contribution in [0.25, 0.3) is 10.8 Å². The van der Waals surface area contributed by atoms with Gasteiger partial charge in [0.1, 0.15) is 5.75 Å². The molecule has 1 amide bonds. The van der Waals surface area contributed by atoms with Crippen LogP contribution in [0, 0.1) is 5.82 Å². The standard InChI is InChI=1S/C24H26FN3O4S/c1-16(2)32-21-9-8-18(33(3,30)31)14-20(21)24(29)28-12-10-27(11-13-28)23-22(25)19-7-5-4-6-17(19)15-26-23/h4-9,14-16H,10-13H2,1-3H3. The van der Waals surface area contributed by atoms with E-state index in [0.717, 1.165) is 11.6 Å². The highest BCUT2D eigenvalue weighted by molar-refractivity contribution is 7.90. The van der Waals surface area contributed by atoms with Gasteiger partial charge in [0.05, 0.1) is 16.6 Å². The van der Waals surface area contributed by atoms with Crippen molar-refractivity contribution in [2.24, 2.45) is 0 Å². The maximum atomic E-state index is 15.0. The highest BCUT2D eigenvalue weighted by atomic mass is 32.2. The van der Waals surface area contributed by atoms with Crippen molar-refractivity contribution in [3.63, 3.8) is 0 Å². The summed E-state index contributed by atoms with van der Waals surface area (Å²) in [6.45, 7) is 5.17. The fourth-order valence-electron chi connectivity index (χ4n) is 3.89. The molecule has 9 heteroatoms. The molecule has 0 saturated carbocycles. The lowest BCUT2D eigenvalue weighted by atomic mass is 10.1. The number of halogens is 1. The lowest BCUT2D eigenvalue weighted by molar-refractivity contribution is 0.0740. The van der Waals surface area contributed by atoms with Gasteiger partial charge in [0.15, 0.2) is 21.5 Å². The van der Waals surface area contributed by atoms with E-state index in [9.17, 15) is 13.2 Å². The summed E-state index contributed by atoms with van der Waals surface area (Å²) in [5, 5.41) is 1.24. The van der Waals surface area contributed by atoms with Gasteiger partial charge in [-0.05, 0) is 32.0 Å². The van der Waals surface area contributed by atoms with E-state index in [-0.39, 0.29) is 34.1 Å². The molecule has 2 aromatic carbocycles. The van der Waals surface area contributed by atoms with Crippen molar-refractivity contribution in [1.82, 2.24) is 9.88 Å². The van der Waals surface area contributed by atoms with Crippen LogP contribution in [0.5, 0.6) is 5.75 Å². The van der Waals surface area contributed by atoms with Crippen molar-refractivity contribution in [3.05, 3.63) is 60.0 Å². The van der Waals surface area contributed by atoms with Crippen LogP contribution in [-0.2, 0) is 9.84 Å². The molecule has 0 aliphatic carbocycles. The number of anilines is 1. The molecule has 1 aliphatic rings. The van der Waals surface area contributed by atoms with Crippen LogP contribution in [0.15, 0.2) is 53.6 Å². The molecule has 4 rings (SSSR count). The van der Waals surface area contributed by atoms with E-state index >= 15 is 4.39 Å². The van der Waals surface area contributed by atoms with Crippen molar-refractivity contribution in [3.8, 4) is 5.75 Å². The normalized spacial score (nSPS) is 14.7. The van der Waals surface area contributed by atoms with Crippen LogP contribution in [0.4, 0.5) is 10.2 Å². The summed E-state index contributed by atoms with van der Waals surface area (Å²) in [6, 6.07) is 11.5. The number of carbonyl (C=O) groups is 1. The summed E-state index contributed by atoms with van der Waals surface area (Å²) in [4.78, 5) is 21.1. The molecule has 174 valence electrons. The quantitative estimate of drug-likeness (QED) is 0.567. The molecule has 0 unspecified atom stereocenters. The number of hydrogen-bond acceptors (Lipinski definition) is 6. The Hall–Kier alpha value is -3.20. The average Bonchev–Trinajstić information content (AvgIpc) is 2.78. The predicted molar refractivity (Wildman–Crippen MR) is 125 cm³/mol. The summed E-state index contributed by atoms with van der Waals surface area (Å²) in [5.74, 6) is -0.0835. The van der Waals surface area contributed by atoms with E-state index in [2.05, 4.69) is 4.98 Å². The summed E-state index contributed by atoms with van der Waals surface area (Å²) in [6.07, 6.45) is 2.57. The fraction of sp³-hybridized carbons (Fsp3) is 0.333. The monoisotopic (exact) mass is 471 g/mol. The molecule has 3 aromatic rings. The van der Waals surface area contributed by atoms with Gasteiger partial charge >= 0.3 is 0 Å². The van der Waals surface area contributed by atoms with Gasteiger partial charge in [0.25, 0.3) is 5.91 Å². The number of carbonyl (C=O) groups excluding carboxylic acids is 1. The first-order chi connectivity index (χ1) is 15.6. The predicted octanol–water partition coefficient (Wildman–Crippen LogP) is 3.53. The molecule has 7 nitrogen and oxygen atoms in total. The molecule has 1 fully saturated rings. The molecule has 0 spiro atoms. The Bertz CT molecular complexity index is 1300. The Morgan fingerprint density at radius 2 is 1.79 bits per heavy atom. The van der Waals surface area contributed by atoms with Gasteiger partial charge in [-0.25, -0.2) is 17.8 Å². The van der Waals surface area contributed by atoms with Gasteiger partial charge in [0, 0.05) is 49.4 Å². The highest BCUT2D eigenvalue weighted by Crippen LogP contribution is 2.28. The van der Waals surface area contributed by atoms with Crippen molar-refractivity contribution < 1.29 is 22.3 Å². The zero-order valence-corrected chi connectivity index (χ0v) is 19.6. The van der Waals surface area contributed by atoms with Crippen molar-refractivity contribution in [1.29, 1.82) is 0 Å². The van der Waals surface area contributed by atoms with Crippen LogP contribution in [0.2, 0.25) is 0 Å². The van der Waals surface area contributed by atoms with E-state index in [1.807, 2.05) is 30.9 Å². The zero-order valence-electron chi connectivity index (χ0n) is 18.8. The summed E-state index contributed by atoms with van der Waals surface area (Å²) in [7, 11) is -3.49. The largest absolute Gasteiger partial charge is 0.490 e. The molecular formula is C24H26FN3O4S. The van der Waals surface area contributed by atoms with Gasteiger partial charge in [-0.1, -0.05) is 24.3 Å². The van der Waals surface area contributed by atoms with Crippen molar-refractivity contribution >= 4 is 32.3 Å². The Morgan fingerprint density at radius 1 is 1.09 bits per heavy atom. The third kappa shape index (κ3) is 4.78. The Labute approximate surface area is 192 Å². The maximum absolute atomic E-state index is 15.0. The summed E-state index contributed by atoms with van der Waals surface area (Å²) < 4.78 is 44.9. The number of ether oxygens (including phenoxy) is 1. The van der Waals surface area contributed by atoms with Crippen molar-refractivity contribution in [2.45, 2.75) is 24.8 Å². The molecule has 33 heavy (non-hydrogen) atoms. The zero-order chi connectivity index (χ0) is 23.8. The number of benzene rings is 2. The first-order valence-electron chi connectivity index (χ1n) is 10.7. The van der Waals surface area contributed by atoms with Crippen LogP contribution >= 0.6 is 0 Å². The number of amides is 1. The third-order valence-corrected chi connectivity index (χ3v) is 6.67. The van der Waals surface area contributed by atoms with E-state index in [4.69, 9.17) is 4.74 Å². The number of rotatable bonds is 5. The van der Waals surface area contributed by atoms with Gasteiger partial charge < -0.3 is 14.5 Å². The summed E-state index contributed by atoms with van der Waals surface area (Å²) >= 11 is 0.